The highest BCUT2D eigenvalue weighted by molar-refractivity contribution is 6.05. The first-order valence-electron chi connectivity index (χ1n) is 11.2. The summed E-state index contributed by atoms with van der Waals surface area (Å²) in [5.41, 5.74) is 3.28. The number of anilines is 2. The highest BCUT2D eigenvalue weighted by Crippen LogP contribution is 2.29. The molecule has 0 bridgehead atoms. The second kappa shape index (κ2) is 9.19. The van der Waals surface area contributed by atoms with E-state index in [4.69, 9.17) is 4.98 Å². The van der Waals surface area contributed by atoms with Gasteiger partial charge < -0.3 is 5.32 Å². The lowest BCUT2D eigenvalue weighted by Crippen LogP contribution is -2.41. The maximum absolute atomic E-state index is 14.4. The van der Waals surface area contributed by atoms with Gasteiger partial charge in [0.2, 0.25) is 5.95 Å². The molecule has 0 unspecified atom stereocenters. The molecule has 1 saturated heterocycles. The van der Waals surface area contributed by atoms with Crippen LogP contribution in [0.1, 0.15) is 35.3 Å². The van der Waals surface area contributed by atoms with E-state index in [-0.39, 0.29) is 41.8 Å². The summed E-state index contributed by atoms with van der Waals surface area (Å²) in [7, 11) is 0. The Balaban J connectivity index is 0.00000274. The quantitative estimate of drug-likeness (QED) is 0.610. The number of benzene rings is 2. The molecular formula is C25H27ClFN5O2. The van der Waals surface area contributed by atoms with Gasteiger partial charge in [0.05, 0.1) is 11.4 Å². The van der Waals surface area contributed by atoms with Crippen molar-refractivity contribution < 1.29 is 9.18 Å². The van der Waals surface area contributed by atoms with E-state index in [2.05, 4.69) is 5.32 Å². The number of halogens is 2. The fourth-order valence-corrected chi connectivity index (χ4v) is 4.70. The summed E-state index contributed by atoms with van der Waals surface area (Å²) >= 11 is 0. The van der Waals surface area contributed by atoms with Gasteiger partial charge in [-0.15, -0.1) is 12.4 Å². The lowest BCUT2D eigenvalue weighted by Gasteiger charge is -2.27. The number of rotatable bonds is 3. The Kier molecular flexibility index (Phi) is 6.47. The molecule has 1 atom stereocenters. The normalized spacial score (nSPS) is 17.5. The molecule has 0 aliphatic carbocycles. The van der Waals surface area contributed by atoms with Crippen molar-refractivity contribution >= 4 is 30.1 Å². The number of nitrogens with one attached hydrogen (secondary N) is 1. The molecule has 2 aliphatic rings. The van der Waals surface area contributed by atoms with Crippen molar-refractivity contribution in [2.45, 2.75) is 33.2 Å². The third kappa shape index (κ3) is 3.86. The number of para-hydroxylation sites is 1. The van der Waals surface area contributed by atoms with Crippen LogP contribution in [0.5, 0.6) is 0 Å². The van der Waals surface area contributed by atoms with Crippen LogP contribution in [0.3, 0.4) is 0 Å². The Morgan fingerprint density at radius 1 is 1.00 bits per heavy atom. The minimum absolute atomic E-state index is 0. The maximum Gasteiger partial charge on any atom is 0.331 e. The summed E-state index contributed by atoms with van der Waals surface area (Å²) in [4.78, 5) is 35.3. The first-order valence-corrected chi connectivity index (χ1v) is 11.2. The van der Waals surface area contributed by atoms with Crippen LogP contribution in [0, 0.1) is 19.7 Å². The number of amides is 2. The minimum atomic E-state index is -0.301. The number of urea groups is 1. The number of aryl methyl sites for hydroxylation is 2. The van der Waals surface area contributed by atoms with Crippen molar-refractivity contribution in [2.24, 2.45) is 0 Å². The molecule has 0 spiro atoms. The molecule has 0 saturated carbocycles. The first-order chi connectivity index (χ1) is 15.9. The van der Waals surface area contributed by atoms with Gasteiger partial charge in [-0.2, -0.15) is 0 Å². The number of nitrogens with zero attached hydrogens (tertiary/aromatic N) is 4. The SMILES string of the molecule is Cc1cc(-n2c(N3CCN(c4ccccc4)C3=O)nc3c(c2=O)CCN[C@H]3C)cc(C)c1F.Cl. The largest absolute Gasteiger partial charge is 0.331 e. The van der Waals surface area contributed by atoms with E-state index in [0.717, 1.165) is 5.69 Å². The molecule has 5 rings (SSSR count). The zero-order valence-electron chi connectivity index (χ0n) is 19.3. The van der Waals surface area contributed by atoms with Gasteiger partial charge in [0.15, 0.2) is 0 Å². The van der Waals surface area contributed by atoms with E-state index in [0.29, 0.717) is 54.1 Å². The van der Waals surface area contributed by atoms with Crippen molar-refractivity contribution in [3.8, 4) is 5.69 Å². The van der Waals surface area contributed by atoms with Crippen molar-refractivity contribution in [3.63, 3.8) is 0 Å². The summed E-state index contributed by atoms with van der Waals surface area (Å²) in [6, 6.07) is 12.4. The molecule has 7 nitrogen and oxygen atoms in total. The number of aromatic nitrogens is 2. The van der Waals surface area contributed by atoms with E-state index in [1.807, 2.05) is 37.3 Å². The monoisotopic (exact) mass is 483 g/mol. The fourth-order valence-electron chi connectivity index (χ4n) is 4.70. The predicted molar refractivity (Wildman–Crippen MR) is 133 cm³/mol. The van der Waals surface area contributed by atoms with Crippen LogP contribution >= 0.6 is 12.4 Å². The number of hydrogen-bond acceptors (Lipinski definition) is 4. The number of carbonyl (C=O) groups is 1. The molecular weight excluding hydrogens is 457 g/mol. The van der Waals surface area contributed by atoms with Gasteiger partial charge in [-0.25, -0.2) is 18.7 Å². The van der Waals surface area contributed by atoms with Crippen LogP contribution in [0.15, 0.2) is 47.3 Å². The average molecular weight is 484 g/mol. The Morgan fingerprint density at radius 2 is 1.65 bits per heavy atom. The van der Waals surface area contributed by atoms with Crippen LogP contribution < -0.4 is 20.7 Å². The summed E-state index contributed by atoms with van der Waals surface area (Å²) < 4.78 is 15.8. The van der Waals surface area contributed by atoms with Crippen LogP contribution in [0.25, 0.3) is 5.69 Å². The number of carbonyl (C=O) groups excluding carboxylic acids is 1. The lowest BCUT2D eigenvalue weighted by atomic mass is 10.0. The standard InChI is InChI=1S/C25H26FN5O2.ClH/c1-15-13-19(14-16(2)21(15)26)31-23(32)20-9-10-27-17(3)22(20)28-24(31)30-12-11-29(25(30)33)18-7-5-4-6-8-18;/h4-8,13-14,17,27H,9-12H2,1-3H3;1H/t17-;/m0./s1. The predicted octanol–water partition coefficient (Wildman–Crippen LogP) is 4.06. The highest BCUT2D eigenvalue weighted by atomic mass is 35.5. The second-order valence-corrected chi connectivity index (χ2v) is 8.66. The van der Waals surface area contributed by atoms with E-state index in [1.54, 1.807) is 35.8 Å². The molecule has 2 aromatic carbocycles. The van der Waals surface area contributed by atoms with E-state index in [9.17, 15) is 14.0 Å². The number of hydrogen-bond donors (Lipinski definition) is 1. The average Bonchev–Trinajstić information content (AvgIpc) is 3.19. The van der Waals surface area contributed by atoms with Gasteiger partial charge in [0.1, 0.15) is 5.82 Å². The van der Waals surface area contributed by atoms with Crippen LogP contribution in [0.2, 0.25) is 0 Å². The Hall–Kier alpha value is -3.23. The van der Waals surface area contributed by atoms with Crippen LogP contribution in [-0.4, -0.2) is 35.2 Å². The topological polar surface area (TPSA) is 70.5 Å². The fraction of sp³-hybridized carbons (Fsp3) is 0.320. The molecule has 1 fully saturated rings. The Bertz CT molecular complexity index is 1290. The van der Waals surface area contributed by atoms with E-state index >= 15 is 0 Å². The van der Waals surface area contributed by atoms with Crippen molar-refractivity contribution in [2.75, 3.05) is 29.4 Å². The molecule has 9 heteroatoms. The summed E-state index contributed by atoms with van der Waals surface area (Å²) in [5, 5.41) is 3.34. The van der Waals surface area contributed by atoms with Gasteiger partial charge in [-0.1, -0.05) is 18.2 Å². The van der Waals surface area contributed by atoms with Crippen LogP contribution in [-0.2, 0) is 6.42 Å². The molecule has 3 aromatic rings. The van der Waals surface area contributed by atoms with Crippen molar-refractivity contribution in [3.05, 3.63) is 81.0 Å². The van der Waals surface area contributed by atoms with Gasteiger partial charge >= 0.3 is 6.03 Å². The molecule has 1 aromatic heterocycles. The van der Waals surface area contributed by atoms with Gasteiger partial charge in [0.25, 0.3) is 5.56 Å². The van der Waals surface area contributed by atoms with Gasteiger partial charge in [0, 0.05) is 36.9 Å². The highest BCUT2D eigenvalue weighted by Gasteiger charge is 2.35. The van der Waals surface area contributed by atoms with Crippen molar-refractivity contribution in [1.82, 2.24) is 14.9 Å². The minimum Gasteiger partial charge on any atom is -0.309 e. The lowest BCUT2D eigenvalue weighted by molar-refractivity contribution is 0.255. The Labute approximate surface area is 203 Å². The molecule has 1 N–H and O–H groups in total. The molecule has 178 valence electrons. The third-order valence-electron chi connectivity index (χ3n) is 6.42. The summed E-state index contributed by atoms with van der Waals surface area (Å²) in [6.45, 7) is 6.85. The zero-order chi connectivity index (χ0) is 23.3. The third-order valence-corrected chi connectivity index (χ3v) is 6.42. The zero-order valence-corrected chi connectivity index (χ0v) is 20.2. The molecule has 2 aliphatic heterocycles. The smallest absolute Gasteiger partial charge is 0.309 e. The van der Waals surface area contributed by atoms with E-state index in [1.165, 1.54) is 4.57 Å². The van der Waals surface area contributed by atoms with Crippen LogP contribution in [0.4, 0.5) is 20.8 Å². The molecule has 3 heterocycles. The number of fused-ring (bicyclic) bond motifs is 1. The molecule has 2 amide bonds. The maximum atomic E-state index is 14.4. The van der Waals surface area contributed by atoms with Gasteiger partial charge in [-0.05, 0) is 62.6 Å². The second-order valence-electron chi connectivity index (χ2n) is 8.66. The summed E-state index contributed by atoms with van der Waals surface area (Å²) in [6.07, 6.45) is 0.551. The first kappa shape index (κ1) is 23.9. The summed E-state index contributed by atoms with van der Waals surface area (Å²) in [5.74, 6) is -0.0345. The Morgan fingerprint density at radius 3 is 2.32 bits per heavy atom. The molecule has 34 heavy (non-hydrogen) atoms. The van der Waals surface area contributed by atoms with Gasteiger partial charge in [-0.3, -0.25) is 14.6 Å². The van der Waals surface area contributed by atoms with Crippen molar-refractivity contribution in [1.29, 1.82) is 0 Å². The van der Waals surface area contributed by atoms with E-state index < -0.39 is 0 Å². The molecule has 0 radical (unpaired) electrons.